The van der Waals surface area contributed by atoms with Gasteiger partial charge in [-0.1, -0.05) is 13.8 Å². The topological polar surface area (TPSA) is 91.1 Å². The monoisotopic (exact) mass is 251 g/mol. The van der Waals surface area contributed by atoms with Crippen molar-refractivity contribution in [2.75, 3.05) is 13.1 Å². The van der Waals surface area contributed by atoms with E-state index in [1.165, 1.54) is 18.5 Å². The fourth-order valence-corrected chi connectivity index (χ4v) is 1.23. The first kappa shape index (κ1) is 14.0. The summed E-state index contributed by atoms with van der Waals surface area (Å²) in [6, 6.07) is 1.26. The average molecular weight is 251 g/mol. The van der Waals surface area contributed by atoms with E-state index in [4.69, 9.17) is 0 Å². The maximum absolute atomic E-state index is 11.6. The molecule has 0 aliphatic rings. The molecule has 0 bridgehead atoms. The number of rotatable bonds is 5. The van der Waals surface area contributed by atoms with Crippen molar-refractivity contribution in [2.45, 2.75) is 13.8 Å². The highest BCUT2D eigenvalue weighted by atomic mass is 16.2. The molecule has 0 radical (unpaired) electrons. The Labute approximate surface area is 105 Å². The van der Waals surface area contributed by atoms with Gasteiger partial charge in [0, 0.05) is 25.0 Å². The fraction of sp³-hybridized carbons (Fsp3) is 0.417. The lowest BCUT2D eigenvalue weighted by atomic mass is 10.2. The van der Waals surface area contributed by atoms with Crippen LogP contribution in [0.2, 0.25) is 0 Å². The normalized spacial score (nSPS) is 10.2. The molecule has 1 heterocycles. The number of carbonyl (C=O) groups excluding carboxylic acids is 2. The van der Waals surface area contributed by atoms with Crippen LogP contribution in [-0.4, -0.2) is 29.9 Å². The summed E-state index contributed by atoms with van der Waals surface area (Å²) >= 11 is 0. The van der Waals surface area contributed by atoms with Gasteiger partial charge in [-0.25, -0.2) is 0 Å². The summed E-state index contributed by atoms with van der Waals surface area (Å²) in [6.07, 6.45) is 2.75. The SMILES string of the molecule is CC(C)CNC(=O)CNC(=O)c1c[nH]ccc1=O. The molecule has 0 fully saturated rings. The second-order valence-corrected chi connectivity index (χ2v) is 4.30. The molecule has 0 aromatic carbocycles. The van der Waals surface area contributed by atoms with Crippen LogP contribution in [0.15, 0.2) is 23.3 Å². The van der Waals surface area contributed by atoms with Crippen LogP contribution in [0.3, 0.4) is 0 Å². The molecule has 1 rings (SSSR count). The van der Waals surface area contributed by atoms with Gasteiger partial charge in [0.1, 0.15) is 5.56 Å². The Hall–Kier alpha value is -2.11. The zero-order valence-electron chi connectivity index (χ0n) is 10.4. The van der Waals surface area contributed by atoms with E-state index in [1.54, 1.807) is 0 Å². The number of nitrogens with one attached hydrogen (secondary N) is 3. The molecule has 0 saturated heterocycles. The molecule has 6 heteroatoms. The van der Waals surface area contributed by atoms with E-state index >= 15 is 0 Å². The van der Waals surface area contributed by atoms with Crippen molar-refractivity contribution < 1.29 is 9.59 Å². The molecule has 0 atom stereocenters. The first-order valence-electron chi connectivity index (χ1n) is 5.72. The molecule has 6 nitrogen and oxygen atoms in total. The first-order chi connectivity index (χ1) is 8.50. The summed E-state index contributed by atoms with van der Waals surface area (Å²) in [7, 11) is 0. The molecule has 98 valence electrons. The van der Waals surface area contributed by atoms with Crippen LogP contribution in [0.4, 0.5) is 0 Å². The molecule has 0 spiro atoms. The Kier molecular flexibility index (Phi) is 5.10. The van der Waals surface area contributed by atoms with E-state index in [0.29, 0.717) is 12.5 Å². The van der Waals surface area contributed by atoms with Crippen LogP contribution in [-0.2, 0) is 4.79 Å². The highest BCUT2D eigenvalue weighted by molar-refractivity contribution is 5.96. The number of aromatic amines is 1. The highest BCUT2D eigenvalue weighted by Gasteiger charge is 2.10. The molecule has 1 aromatic rings. The van der Waals surface area contributed by atoms with Crippen molar-refractivity contribution in [1.82, 2.24) is 15.6 Å². The number of H-pyrrole nitrogens is 1. The zero-order chi connectivity index (χ0) is 13.5. The standard InChI is InChI=1S/C12H17N3O3/c1-8(2)5-14-11(17)7-15-12(18)9-6-13-4-3-10(9)16/h3-4,6,8H,5,7H2,1-2H3,(H,13,16)(H,14,17)(H,15,18). The average Bonchev–Trinajstić information content (AvgIpc) is 2.34. The Morgan fingerprint density at radius 1 is 1.33 bits per heavy atom. The summed E-state index contributed by atoms with van der Waals surface area (Å²) in [4.78, 5) is 36.9. The van der Waals surface area contributed by atoms with Crippen molar-refractivity contribution in [3.8, 4) is 0 Å². The Bertz CT molecular complexity index is 479. The second-order valence-electron chi connectivity index (χ2n) is 4.30. The third-order valence-electron chi connectivity index (χ3n) is 2.19. The molecule has 18 heavy (non-hydrogen) atoms. The molecule has 2 amide bonds. The predicted octanol–water partition coefficient (Wildman–Crippen LogP) is -0.123. The fourth-order valence-electron chi connectivity index (χ4n) is 1.23. The lowest BCUT2D eigenvalue weighted by Gasteiger charge is -2.08. The van der Waals surface area contributed by atoms with Gasteiger partial charge >= 0.3 is 0 Å². The van der Waals surface area contributed by atoms with Gasteiger partial charge in [0.25, 0.3) is 5.91 Å². The summed E-state index contributed by atoms with van der Waals surface area (Å²) in [5, 5.41) is 5.06. The number of aromatic nitrogens is 1. The third-order valence-corrected chi connectivity index (χ3v) is 2.19. The van der Waals surface area contributed by atoms with E-state index in [9.17, 15) is 14.4 Å². The van der Waals surface area contributed by atoms with Crippen molar-refractivity contribution in [2.24, 2.45) is 5.92 Å². The van der Waals surface area contributed by atoms with Gasteiger partial charge in [0.05, 0.1) is 6.54 Å². The predicted molar refractivity (Wildman–Crippen MR) is 67.2 cm³/mol. The molecule has 1 aromatic heterocycles. The van der Waals surface area contributed by atoms with E-state index in [0.717, 1.165) is 0 Å². The molecule has 0 saturated carbocycles. The highest BCUT2D eigenvalue weighted by Crippen LogP contribution is 1.88. The van der Waals surface area contributed by atoms with Gasteiger partial charge in [0.2, 0.25) is 5.91 Å². The number of hydrogen-bond donors (Lipinski definition) is 3. The molecule has 0 unspecified atom stereocenters. The minimum atomic E-state index is -0.559. The smallest absolute Gasteiger partial charge is 0.257 e. The van der Waals surface area contributed by atoms with Crippen molar-refractivity contribution in [3.63, 3.8) is 0 Å². The minimum Gasteiger partial charge on any atom is -0.367 e. The number of carbonyl (C=O) groups is 2. The maximum Gasteiger partial charge on any atom is 0.257 e. The Balaban J connectivity index is 2.45. The van der Waals surface area contributed by atoms with Gasteiger partial charge in [-0.05, 0) is 5.92 Å². The van der Waals surface area contributed by atoms with Crippen LogP contribution in [0, 0.1) is 5.92 Å². The van der Waals surface area contributed by atoms with Crippen LogP contribution < -0.4 is 16.1 Å². The second kappa shape index (κ2) is 6.58. The lowest BCUT2D eigenvalue weighted by molar-refractivity contribution is -0.120. The van der Waals surface area contributed by atoms with E-state index in [1.807, 2.05) is 13.8 Å². The van der Waals surface area contributed by atoms with Gasteiger partial charge < -0.3 is 15.6 Å². The van der Waals surface area contributed by atoms with E-state index < -0.39 is 5.91 Å². The van der Waals surface area contributed by atoms with Crippen molar-refractivity contribution in [1.29, 1.82) is 0 Å². The van der Waals surface area contributed by atoms with Crippen LogP contribution in [0.1, 0.15) is 24.2 Å². The van der Waals surface area contributed by atoms with Gasteiger partial charge in [-0.15, -0.1) is 0 Å². The summed E-state index contributed by atoms with van der Waals surface area (Å²) in [5.74, 6) is -0.484. The largest absolute Gasteiger partial charge is 0.367 e. The van der Waals surface area contributed by atoms with Crippen molar-refractivity contribution >= 4 is 11.8 Å². The lowest BCUT2D eigenvalue weighted by Crippen LogP contribution is -2.39. The Morgan fingerprint density at radius 2 is 2.06 bits per heavy atom. The van der Waals surface area contributed by atoms with Crippen molar-refractivity contribution in [3.05, 3.63) is 34.2 Å². The van der Waals surface area contributed by atoms with E-state index in [-0.39, 0.29) is 23.4 Å². The molecular formula is C12H17N3O3. The maximum atomic E-state index is 11.6. The zero-order valence-corrected chi connectivity index (χ0v) is 10.4. The van der Waals surface area contributed by atoms with Gasteiger partial charge in [-0.2, -0.15) is 0 Å². The quantitative estimate of drug-likeness (QED) is 0.681. The van der Waals surface area contributed by atoms with E-state index in [2.05, 4.69) is 15.6 Å². The summed E-state index contributed by atoms with van der Waals surface area (Å²) < 4.78 is 0. The first-order valence-corrected chi connectivity index (χ1v) is 5.72. The van der Waals surface area contributed by atoms with Crippen LogP contribution in [0.5, 0.6) is 0 Å². The number of pyridine rings is 1. The minimum absolute atomic E-state index is 0.00541. The molecule has 3 N–H and O–H groups in total. The van der Waals surface area contributed by atoms with Crippen LogP contribution >= 0.6 is 0 Å². The molecule has 0 aliphatic carbocycles. The van der Waals surface area contributed by atoms with Crippen LogP contribution in [0.25, 0.3) is 0 Å². The van der Waals surface area contributed by atoms with Gasteiger partial charge in [0.15, 0.2) is 5.43 Å². The summed E-state index contributed by atoms with van der Waals surface area (Å²) in [5.41, 5.74) is -0.386. The number of amides is 2. The van der Waals surface area contributed by atoms with Gasteiger partial charge in [-0.3, -0.25) is 14.4 Å². The number of hydrogen-bond acceptors (Lipinski definition) is 3. The third kappa shape index (κ3) is 4.40. The Morgan fingerprint density at radius 3 is 2.67 bits per heavy atom. The molecular weight excluding hydrogens is 234 g/mol. The summed E-state index contributed by atoms with van der Waals surface area (Å²) in [6.45, 7) is 4.37. The molecule has 0 aliphatic heterocycles.